The predicted molar refractivity (Wildman–Crippen MR) is 74.6 cm³/mol. The Morgan fingerprint density at radius 2 is 2.06 bits per heavy atom. The molecule has 0 saturated carbocycles. The summed E-state index contributed by atoms with van der Waals surface area (Å²) >= 11 is 9.39. The average molecular weight is 330 g/mol. The van der Waals surface area contributed by atoms with E-state index in [-0.39, 0.29) is 18.2 Å². The second-order valence-electron chi connectivity index (χ2n) is 3.91. The van der Waals surface area contributed by atoms with E-state index in [1.54, 1.807) is 31.2 Å². The van der Waals surface area contributed by atoms with E-state index in [1.165, 1.54) is 0 Å². The van der Waals surface area contributed by atoms with E-state index >= 15 is 0 Å². The highest BCUT2D eigenvalue weighted by Gasteiger charge is 2.07. The molecule has 0 unspecified atom stereocenters. The number of rotatable bonds is 3. The van der Waals surface area contributed by atoms with Crippen molar-refractivity contribution in [2.75, 3.05) is 0 Å². The molecule has 0 heterocycles. The maximum atomic E-state index is 13.7. The summed E-state index contributed by atoms with van der Waals surface area (Å²) in [5.41, 5.74) is 1.38. The number of hydrogen-bond acceptors (Lipinski definition) is 1. The molecule has 1 nitrogen and oxygen atoms in total. The van der Waals surface area contributed by atoms with Gasteiger partial charge < -0.3 is 4.74 Å². The largest absolute Gasteiger partial charge is 0.486 e. The Bertz CT molecular complexity index is 572. The summed E-state index contributed by atoms with van der Waals surface area (Å²) < 4.78 is 20.1. The normalized spacial score (nSPS) is 10.4. The van der Waals surface area contributed by atoms with Crippen LogP contribution in [0.3, 0.4) is 0 Å². The molecule has 2 rings (SSSR count). The maximum Gasteiger partial charge on any atom is 0.167 e. The van der Waals surface area contributed by atoms with Crippen molar-refractivity contribution in [1.82, 2.24) is 0 Å². The van der Waals surface area contributed by atoms with Crippen molar-refractivity contribution in [2.24, 2.45) is 0 Å². The molecular formula is C14H11BrClFO. The molecule has 0 aliphatic rings. The lowest BCUT2D eigenvalue weighted by molar-refractivity contribution is 0.289. The van der Waals surface area contributed by atoms with E-state index in [0.29, 0.717) is 10.6 Å². The Morgan fingerprint density at radius 1 is 1.28 bits per heavy atom. The molecule has 0 radical (unpaired) electrons. The van der Waals surface area contributed by atoms with E-state index in [9.17, 15) is 4.39 Å². The molecule has 4 heteroatoms. The fraction of sp³-hybridized carbons (Fsp3) is 0.143. The van der Waals surface area contributed by atoms with Crippen LogP contribution in [0.25, 0.3) is 0 Å². The summed E-state index contributed by atoms with van der Waals surface area (Å²) in [7, 11) is 0. The quantitative estimate of drug-likeness (QED) is 0.758. The molecule has 0 atom stereocenters. The first-order valence-electron chi connectivity index (χ1n) is 5.40. The molecule has 0 aliphatic carbocycles. The molecule has 0 N–H and O–H groups in total. The lowest BCUT2D eigenvalue weighted by atomic mass is 10.2. The predicted octanol–water partition coefficient (Wildman–Crippen LogP) is 5.13. The Balaban J connectivity index is 2.14. The minimum absolute atomic E-state index is 0.243. The second kappa shape index (κ2) is 5.72. The van der Waals surface area contributed by atoms with Gasteiger partial charge in [-0.1, -0.05) is 45.7 Å². The second-order valence-corrected chi connectivity index (χ2v) is 5.23. The first kappa shape index (κ1) is 13.4. The van der Waals surface area contributed by atoms with Crippen LogP contribution in [0.4, 0.5) is 4.39 Å². The maximum absolute atomic E-state index is 13.7. The fourth-order valence-electron chi connectivity index (χ4n) is 1.53. The molecule has 18 heavy (non-hydrogen) atoms. The van der Waals surface area contributed by atoms with Gasteiger partial charge in [0.25, 0.3) is 0 Å². The molecule has 0 fully saturated rings. The van der Waals surface area contributed by atoms with Gasteiger partial charge in [-0.15, -0.1) is 0 Å². The summed E-state index contributed by atoms with van der Waals surface area (Å²) in [5, 5.41) is 0.595. The van der Waals surface area contributed by atoms with Crippen LogP contribution in [-0.4, -0.2) is 0 Å². The molecule has 2 aromatic carbocycles. The van der Waals surface area contributed by atoms with Crippen LogP contribution in [0.2, 0.25) is 5.02 Å². The lowest BCUT2D eigenvalue weighted by Crippen LogP contribution is -1.99. The Hall–Kier alpha value is -1.06. The van der Waals surface area contributed by atoms with Gasteiger partial charge in [-0.3, -0.25) is 0 Å². The third-order valence-corrected chi connectivity index (χ3v) is 3.40. The van der Waals surface area contributed by atoms with Crippen molar-refractivity contribution < 1.29 is 9.13 Å². The number of ether oxygens (including phenoxy) is 1. The summed E-state index contributed by atoms with van der Waals surface area (Å²) in [6.07, 6.45) is 0. The van der Waals surface area contributed by atoms with E-state index in [0.717, 1.165) is 10.0 Å². The van der Waals surface area contributed by atoms with Gasteiger partial charge in [0.2, 0.25) is 0 Å². The van der Waals surface area contributed by atoms with Gasteiger partial charge in [-0.25, -0.2) is 4.39 Å². The van der Waals surface area contributed by atoms with E-state index in [2.05, 4.69) is 15.9 Å². The molecule has 0 amide bonds. The zero-order valence-corrected chi connectivity index (χ0v) is 12.1. The van der Waals surface area contributed by atoms with Crippen molar-refractivity contribution in [2.45, 2.75) is 13.5 Å². The first-order valence-corrected chi connectivity index (χ1v) is 6.57. The van der Waals surface area contributed by atoms with Crippen molar-refractivity contribution in [3.05, 3.63) is 62.8 Å². The highest BCUT2D eigenvalue weighted by molar-refractivity contribution is 9.10. The fourth-order valence-corrected chi connectivity index (χ4v) is 2.25. The first-order chi connectivity index (χ1) is 8.58. The van der Waals surface area contributed by atoms with Gasteiger partial charge in [0, 0.05) is 15.1 Å². The molecule has 0 spiro atoms. The van der Waals surface area contributed by atoms with E-state index in [4.69, 9.17) is 16.3 Å². The van der Waals surface area contributed by atoms with Crippen molar-refractivity contribution in [3.63, 3.8) is 0 Å². The number of halogens is 3. The zero-order valence-electron chi connectivity index (χ0n) is 9.71. The van der Waals surface area contributed by atoms with E-state index < -0.39 is 0 Å². The molecule has 0 aliphatic heterocycles. The molecule has 0 saturated heterocycles. The Kier molecular flexibility index (Phi) is 4.25. The average Bonchev–Trinajstić information content (AvgIpc) is 2.33. The highest BCUT2D eigenvalue weighted by atomic mass is 79.9. The standard InChI is InChI=1S/C14H11BrClFO/c1-9-3-2-4-13(14(9)17)18-8-10-5-6-11(15)7-12(10)16/h2-7H,8H2,1H3. The van der Waals surface area contributed by atoms with Crippen LogP contribution < -0.4 is 4.74 Å². The lowest BCUT2D eigenvalue weighted by Gasteiger charge is -2.10. The number of benzene rings is 2. The van der Waals surface area contributed by atoms with Crippen LogP contribution in [0.15, 0.2) is 40.9 Å². The van der Waals surface area contributed by atoms with Crippen molar-refractivity contribution >= 4 is 27.5 Å². The van der Waals surface area contributed by atoms with Crippen LogP contribution in [0.5, 0.6) is 5.75 Å². The van der Waals surface area contributed by atoms with Crippen molar-refractivity contribution in [3.8, 4) is 5.75 Å². The minimum Gasteiger partial charge on any atom is -0.486 e. The van der Waals surface area contributed by atoms with Crippen LogP contribution in [0, 0.1) is 12.7 Å². The van der Waals surface area contributed by atoms with Crippen LogP contribution in [0.1, 0.15) is 11.1 Å². The Morgan fingerprint density at radius 3 is 2.78 bits per heavy atom. The smallest absolute Gasteiger partial charge is 0.167 e. The molecule has 0 bridgehead atoms. The highest BCUT2D eigenvalue weighted by Crippen LogP contribution is 2.25. The number of hydrogen-bond donors (Lipinski definition) is 0. The SMILES string of the molecule is Cc1cccc(OCc2ccc(Br)cc2Cl)c1F. The van der Waals surface area contributed by atoms with Gasteiger partial charge in [0.05, 0.1) is 0 Å². The summed E-state index contributed by atoms with van der Waals surface area (Å²) in [5.74, 6) is -0.0836. The summed E-state index contributed by atoms with van der Waals surface area (Å²) in [6.45, 7) is 1.95. The van der Waals surface area contributed by atoms with Gasteiger partial charge >= 0.3 is 0 Å². The monoisotopic (exact) mass is 328 g/mol. The minimum atomic E-state index is -0.328. The third-order valence-electron chi connectivity index (χ3n) is 2.55. The summed E-state index contributed by atoms with van der Waals surface area (Å²) in [4.78, 5) is 0. The molecule has 94 valence electrons. The number of aryl methyl sites for hydroxylation is 1. The topological polar surface area (TPSA) is 9.23 Å². The van der Waals surface area contributed by atoms with Gasteiger partial charge in [0.1, 0.15) is 6.61 Å². The molecule has 0 aromatic heterocycles. The Labute approximate surface area is 119 Å². The van der Waals surface area contributed by atoms with Gasteiger partial charge in [-0.05, 0) is 30.7 Å². The molecule has 2 aromatic rings. The van der Waals surface area contributed by atoms with Gasteiger partial charge in [0.15, 0.2) is 11.6 Å². The van der Waals surface area contributed by atoms with Crippen molar-refractivity contribution in [1.29, 1.82) is 0 Å². The molecular weight excluding hydrogens is 319 g/mol. The van der Waals surface area contributed by atoms with Crippen LogP contribution in [-0.2, 0) is 6.61 Å². The summed E-state index contributed by atoms with van der Waals surface area (Å²) in [6, 6.07) is 10.6. The van der Waals surface area contributed by atoms with Gasteiger partial charge in [-0.2, -0.15) is 0 Å². The van der Waals surface area contributed by atoms with Crippen LogP contribution >= 0.6 is 27.5 Å². The van der Waals surface area contributed by atoms with E-state index in [1.807, 2.05) is 12.1 Å². The zero-order chi connectivity index (χ0) is 13.1. The third kappa shape index (κ3) is 3.03.